The van der Waals surface area contributed by atoms with Gasteiger partial charge in [0, 0.05) is 23.7 Å². The van der Waals surface area contributed by atoms with Gasteiger partial charge in [-0.3, -0.25) is 4.55 Å². The lowest BCUT2D eigenvalue weighted by atomic mass is 9.57. The van der Waals surface area contributed by atoms with Crippen molar-refractivity contribution >= 4 is 149 Å². The van der Waals surface area contributed by atoms with E-state index in [4.69, 9.17) is 139 Å². The number of alkyl halides is 8. The maximum Gasteiger partial charge on any atom is 0.294 e. The summed E-state index contributed by atoms with van der Waals surface area (Å²) in [4.78, 5) is -7.71. The molecule has 16 heteroatoms. The maximum atomic E-state index is 12.3. The third-order valence-corrected chi connectivity index (χ3v) is 18.2. The standard InChI is InChI=1S/C21H10Cl12O3S/c1-4-2-5-6(3-7(4)37(34,35)36)9-11(19(29)15(25)13(23)17(9,27)21(19,32)33)10-8(5)16(26)12(22)14(24)18(10,28)20(16,30)31/h2-3,8-11H,1H3,(H,34,35,36)/t8-,9+,10-,11+,16+,17+,18+,19+/m0/s1. The fourth-order valence-corrected chi connectivity index (χ4v) is 14.1. The van der Waals surface area contributed by atoms with Crippen molar-refractivity contribution in [3.05, 3.63) is 49.0 Å². The van der Waals surface area contributed by atoms with Gasteiger partial charge in [-0.05, 0) is 29.7 Å². The van der Waals surface area contributed by atoms with Gasteiger partial charge in [-0.2, -0.15) is 8.42 Å². The molecule has 5 aliphatic rings. The van der Waals surface area contributed by atoms with Crippen molar-refractivity contribution in [2.24, 2.45) is 11.8 Å². The van der Waals surface area contributed by atoms with Crippen molar-refractivity contribution in [3.8, 4) is 0 Å². The zero-order chi connectivity index (χ0) is 27.8. The molecule has 6 rings (SSSR count). The summed E-state index contributed by atoms with van der Waals surface area (Å²) in [5, 5.41) is -0.397. The van der Waals surface area contributed by atoms with Crippen LogP contribution in [0.25, 0.3) is 0 Å². The Morgan fingerprint density at radius 1 is 0.649 bits per heavy atom. The van der Waals surface area contributed by atoms with Crippen LogP contribution >= 0.6 is 139 Å². The van der Waals surface area contributed by atoms with Crippen molar-refractivity contribution in [3.63, 3.8) is 0 Å². The van der Waals surface area contributed by atoms with Crippen LogP contribution in [0.15, 0.2) is 37.2 Å². The van der Waals surface area contributed by atoms with Crippen LogP contribution in [0.2, 0.25) is 0 Å². The van der Waals surface area contributed by atoms with Gasteiger partial charge in [0.15, 0.2) is 8.67 Å². The number of halogens is 12. The van der Waals surface area contributed by atoms with Crippen LogP contribution < -0.4 is 0 Å². The summed E-state index contributed by atoms with van der Waals surface area (Å²) in [5.41, 5.74) is 0.924. The molecule has 2 fully saturated rings. The largest absolute Gasteiger partial charge is 0.294 e. The van der Waals surface area contributed by atoms with Crippen LogP contribution in [0.3, 0.4) is 0 Å². The molecule has 1 aromatic rings. The van der Waals surface area contributed by atoms with Gasteiger partial charge in [0.2, 0.25) is 0 Å². The molecular weight excluding hydrogens is 758 g/mol. The topological polar surface area (TPSA) is 54.4 Å². The van der Waals surface area contributed by atoms with E-state index in [2.05, 4.69) is 0 Å². The van der Waals surface area contributed by atoms with Crippen molar-refractivity contribution in [2.45, 2.75) is 51.8 Å². The van der Waals surface area contributed by atoms with Gasteiger partial charge in [-0.1, -0.05) is 98.9 Å². The monoisotopic (exact) mass is 762 g/mol. The Kier molecular flexibility index (Phi) is 6.13. The molecule has 0 spiro atoms. The number of hydrogen-bond donors (Lipinski definition) is 1. The molecule has 5 aliphatic carbocycles. The minimum Gasteiger partial charge on any atom is -0.282 e. The van der Waals surface area contributed by atoms with Gasteiger partial charge in [0.05, 0.1) is 25.0 Å². The first-order chi connectivity index (χ1) is 16.6. The van der Waals surface area contributed by atoms with E-state index >= 15 is 0 Å². The highest BCUT2D eigenvalue weighted by Gasteiger charge is 2.91. The number of fused-ring (bicyclic) bond motifs is 14. The summed E-state index contributed by atoms with van der Waals surface area (Å²) >= 11 is 83.3. The molecule has 1 N–H and O–H groups in total. The van der Waals surface area contributed by atoms with Gasteiger partial charge in [-0.15, -0.1) is 46.4 Å². The maximum absolute atomic E-state index is 12.3. The minimum absolute atomic E-state index is 0.0759. The van der Waals surface area contributed by atoms with E-state index in [0.29, 0.717) is 5.56 Å². The molecule has 2 saturated carbocycles. The summed E-state index contributed by atoms with van der Waals surface area (Å²) in [5.74, 6) is -3.81. The van der Waals surface area contributed by atoms with E-state index in [-0.39, 0.29) is 36.2 Å². The Morgan fingerprint density at radius 2 is 0.973 bits per heavy atom. The molecule has 4 bridgehead atoms. The molecule has 0 heterocycles. The molecule has 8 atom stereocenters. The van der Waals surface area contributed by atoms with Gasteiger partial charge >= 0.3 is 0 Å². The van der Waals surface area contributed by atoms with Crippen LogP contribution in [0, 0.1) is 18.8 Å². The van der Waals surface area contributed by atoms with Crippen LogP contribution in [-0.2, 0) is 10.1 Å². The number of aryl methyl sites for hydroxylation is 1. The molecule has 202 valence electrons. The smallest absolute Gasteiger partial charge is 0.282 e. The molecule has 0 radical (unpaired) electrons. The third-order valence-electron chi connectivity index (χ3n) is 8.70. The van der Waals surface area contributed by atoms with Crippen LogP contribution in [0.1, 0.15) is 28.5 Å². The fraction of sp³-hybridized carbons (Fsp3) is 0.524. The second-order valence-electron chi connectivity index (χ2n) is 9.98. The molecule has 3 nitrogen and oxygen atoms in total. The Labute approximate surface area is 272 Å². The number of benzene rings is 1. The second kappa shape index (κ2) is 7.78. The van der Waals surface area contributed by atoms with Gasteiger partial charge in [0.25, 0.3) is 10.1 Å². The molecule has 0 aliphatic heterocycles. The SMILES string of the molecule is Cc1cc2c(cc1S(=O)(=O)O)[C@@H]1[C@H]([C@@H]3[C@H]2[C@@]2(Cl)C(Cl)=C(Cl)[C@@]3(Cl)C2(Cl)Cl)[C@@]2(Cl)C(Cl)=C(Cl)[C@@]1(Cl)C2(Cl)Cl. The van der Waals surface area contributed by atoms with Crippen LogP contribution in [0.5, 0.6) is 0 Å². The summed E-state index contributed by atoms with van der Waals surface area (Å²) < 4.78 is 30.5. The van der Waals surface area contributed by atoms with E-state index in [0.717, 1.165) is 0 Å². The first-order valence-corrected chi connectivity index (χ1v) is 16.4. The zero-order valence-corrected chi connectivity index (χ0v) is 27.6. The Balaban J connectivity index is 1.82. The van der Waals surface area contributed by atoms with E-state index in [1.54, 1.807) is 0 Å². The predicted molar refractivity (Wildman–Crippen MR) is 154 cm³/mol. The Hall–Kier alpha value is 2.09. The molecule has 0 amide bonds. The van der Waals surface area contributed by atoms with Gasteiger partial charge in [-0.25, -0.2) is 0 Å². The predicted octanol–water partition coefficient (Wildman–Crippen LogP) is 9.35. The zero-order valence-electron chi connectivity index (χ0n) is 17.7. The number of rotatable bonds is 1. The van der Waals surface area contributed by atoms with E-state index in [1.165, 1.54) is 19.1 Å². The lowest BCUT2D eigenvalue weighted by Gasteiger charge is -2.52. The lowest BCUT2D eigenvalue weighted by Crippen LogP contribution is -2.53. The summed E-state index contributed by atoms with van der Waals surface area (Å²) in [6, 6.07) is 2.78. The average molecular weight is 768 g/mol. The van der Waals surface area contributed by atoms with Gasteiger partial charge < -0.3 is 0 Å². The van der Waals surface area contributed by atoms with Crippen molar-refractivity contribution in [1.29, 1.82) is 0 Å². The molecular formula is C21H10Cl12O3S. The third kappa shape index (κ3) is 2.68. The summed E-state index contributed by atoms with van der Waals surface area (Å²) in [7, 11) is -4.68. The quantitative estimate of drug-likeness (QED) is 0.229. The normalized spacial score (nSPS) is 46.4. The summed E-state index contributed by atoms with van der Waals surface area (Å²) in [6.45, 7) is 1.49. The Morgan fingerprint density at radius 3 is 1.32 bits per heavy atom. The number of allylic oxidation sites excluding steroid dienone is 4. The van der Waals surface area contributed by atoms with Crippen LogP contribution in [0.4, 0.5) is 0 Å². The first kappa shape index (κ1) is 29.2. The molecule has 0 saturated heterocycles. The summed E-state index contributed by atoms with van der Waals surface area (Å²) in [6.07, 6.45) is 0. The van der Waals surface area contributed by atoms with Gasteiger partial charge in [0.1, 0.15) is 19.5 Å². The van der Waals surface area contributed by atoms with E-state index in [9.17, 15) is 13.0 Å². The van der Waals surface area contributed by atoms with E-state index < -0.39 is 62.0 Å². The molecule has 0 unspecified atom stereocenters. The highest BCUT2D eigenvalue weighted by molar-refractivity contribution is 7.85. The second-order valence-corrected chi connectivity index (χ2v) is 17.9. The molecule has 0 aromatic heterocycles. The first-order valence-electron chi connectivity index (χ1n) is 10.4. The van der Waals surface area contributed by atoms with Crippen molar-refractivity contribution in [1.82, 2.24) is 0 Å². The lowest BCUT2D eigenvalue weighted by molar-refractivity contribution is 0.201. The fourth-order valence-electron chi connectivity index (χ4n) is 7.32. The van der Waals surface area contributed by atoms with Crippen molar-refractivity contribution < 1.29 is 13.0 Å². The molecule has 1 aromatic carbocycles. The molecule has 37 heavy (non-hydrogen) atoms. The average Bonchev–Trinajstić information content (AvgIpc) is 3.12. The van der Waals surface area contributed by atoms with E-state index in [1.807, 2.05) is 0 Å². The number of hydrogen-bond acceptors (Lipinski definition) is 2. The van der Waals surface area contributed by atoms with Crippen LogP contribution in [-0.4, -0.2) is 41.1 Å². The Bertz CT molecular complexity index is 1520. The minimum atomic E-state index is -4.68. The highest BCUT2D eigenvalue weighted by Crippen LogP contribution is 2.88. The highest BCUT2D eigenvalue weighted by atomic mass is 35.5. The van der Waals surface area contributed by atoms with Crippen molar-refractivity contribution in [2.75, 3.05) is 0 Å².